The van der Waals surface area contributed by atoms with E-state index in [1.54, 1.807) is 23.1 Å². The Kier molecular flexibility index (Phi) is 5.14. The van der Waals surface area contributed by atoms with Crippen LogP contribution in [0.5, 0.6) is 5.75 Å². The van der Waals surface area contributed by atoms with Crippen LogP contribution in [-0.2, 0) is 0 Å². The molecule has 2 aliphatic rings. The lowest BCUT2D eigenvalue weighted by atomic mass is 9.90. The van der Waals surface area contributed by atoms with E-state index in [4.69, 9.17) is 10.00 Å². The van der Waals surface area contributed by atoms with E-state index in [0.717, 1.165) is 11.4 Å². The molecule has 0 bridgehead atoms. The summed E-state index contributed by atoms with van der Waals surface area (Å²) in [7, 11) is 0. The Morgan fingerprint density at radius 2 is 1.90 bits per heavy atom. The molecule has 0 radical (unpaired) electrons. The van der Waals surface area contributed by atoms with Gasteiger partial charge in [0.05, 0.1) is 23.9 Å². The highest BCUT2D eigenvalue weighted by Crippen LogP contribution is 2.38. The third kappa shape index (κ3) is 3.77. The van der Waals surface area contributed by atoms with Crippen LogP contribution in [0.25, 0.3) is 0 Å². The molecule has 2 aromatic rings. The maximum atomic E-state index is 14.4. The highest BCUT2D eigenvalue weighted by atomic mass is 19.1. The van der Waals surface area contributed by atoms with Gasteiger partial charge in [-0.3, -0.25) is 4.79 Å². The van der Waals surface area contributed by atoms with E-state index in [-0.39, 0.29) is 5.91 Å². The van der Waals surface area contributed by atoms with Gasteiger partial charge in [0.2, 0.25) is 0 Å². The zero-order chi connectivity index (χ0) is 20.4. The van der Waals surface area contributed by atoms with E-state index in [1.165, 1.54) is 0 Å². The van der Waals surface area contributed by atoms with Crippen LogP contribution < -0.4 is 9.64 Å². The van der Waals surface area contributed by atoms with Gasteiger partial charge in [-0.05, 0) is 61.7 Å². The monoisotopic (exact) mass is 393 g/mol. The second-order valence-electron chi connectivity index (χ2n) is 7.64. The summed E-state index contributed by atoms with van der Waals surface area (Å²) in [6.07, 6.45) is 1.28. The van der Waals surface area contributed by atoms with Crippen LogP contribution in [0, 0.1) is 11.3 Å². The van der Waals surface area contributed by atoms with Crippen molar-refractivity contribution in [2.45, 2.75) is 31.9 Å². The zero-order valence-corrected chi connectivity index (χ0v) is 16.5. The van der Waals surface area contributed by atoms with Crippen LogP contribution in [0.3, 0.4) is 0 Å². The van der Waals surface area contributed by atoms with Crippen molar-refractivity contribution >= 4 is 17.3 Å². The van der Waals surface area contributed by atoms with Gasteiger partial charge >= 0.3 is 0 Å². The van der Waals surface area contributed by atoms with Crippen molar-refractivity contribution in [1.82, 2.24) is 4.90 Å². The van der Waals surface area contributed by atoms with Gasteiger partial charge in [-0.2, -0.15) is 5.26 Å². The SMILES string of the molecule is CCC1(F)CCN(C(=O)c2ccc3c(c2)OCCN3c2ccc(C#N)cc2)CC1. The highest BCUT2D eigenvalue weighted by molar-refractivity contribution is 5.95. The molecule has 1 fully saturated rings. The third-order valence-electron chi connectivity index (χ3n) is 5.96. The molecule has 150 valence electrons. The number of carbonyl (C=O) groups is 1. The van der Waals surface area contributed by atoms with Crippen LogP contribution in [0.2, 0.25) is 0 Å². The molecular weight excluding hydrogens is 369 g/mol. The van der Waals surface area contributed by atoms with E-state index in [9.17, 15) is 9.18 Å². The fraction of sp³-hybridized carbons (Fsp3) is 0.391. The third-order valence-corrected chi connectivity index (χ3v) is 5.96. The Labute approximate surface area is 170 Å². The molecule has 0 unspecified atom stereocenters. The molecule has 1 saturated heterocycles. The van der Waals surface area contributed by atoms with Crippen LogP contribution in [0.1, 0.15) is 42.1 Å². The summed E-state index contributed by atoms with van der Waals surface area (Å²) in [5.41, 5.74) is 1.91. The normalized spacial score (nSPS) is 17.8. The van der Waals surface area contributed by atoms with Crippen molar-refractivity contribution in [1.29, 1.82) is 5.26 Å². The standard InChI is InChI=1S/C23H24FN3O2/c1-2-23(24)9-11-26(12-10-23)22(28)18-5-8-20-21(15-18)29-14-13-27(20)19-6-3-17(16-25)4-7-19/h3-8,15H,2,9-14H2,1H3. The molecule has 2 aromatic carbocycles. The number of hydrogen-bond donors (Lipinski definition) is 0. The predicted molar refractivity (Wildman–Crippen MR) is 109 cm³/mol. The Hall–Kier alpha value is -3.07. The van der Waals surface area contributed by atoms with E-state index in [0.29, 0.717) is 62.4 Å². The molecule has 0 saturated carbocycles. The smallest absolute Gasteiger partial charge is 0.253 e. The molecule has 4 rings (SSSR count). The van der Waals surface area contributed by atoms with Crippen molar-refractivity contribution in [3.8, 4) is 11.8 Å². The summed E-state index contributed by atoms with van der Waals surface area (Å²) < 4.78 is 20.3. The average molecular weight is 393 g/mol. The molecule has 2 heterocycles. The van der Waals surface area contributed by atoms with Crippen LogP contribution >= 0.6 is 0 Å². The van der Waals surface area contributed by atoms with Crippen LogP contribution in [-0.4, -0.2) is 42.7 Å². The number of halogens is 1. The Morgan fingerprint density at radius 1 is 1.17 bits per heavy atom. The quantitative estimate of drug-likeness (QED) is 0.773. The molecule has 0 aliphatic carbocycles. The van der Waals surface area contributed by atoms with Gasteiger partial charge in [0.1, 0.15) is 18.0 Å². The maximum Gasteiger partial charge on any atom is 0.253 e. The lowest BCUT2D eigenvalue weighted by molar-refractivity contribution is 0.0419. The number of hydrogen-bond acceptors (Lipinski definition) is 4. The van der Waals surface area contributed by atoms with Gasteiger partial charge in [0, 0.05) is 24.3 Å². The summed E-state index contributed by atoms with van der Waals surface area (Å²) in [6.45, 7) is 3.94. The van der Waals surface area contributed by atoms with E-state index in [2.05, 4.69) is 11.0 Å². The molecule has 29 heavy (non-hydrogen) atoms. The number of amides is 1. The Bertz CT molecular complexity index is 944. The van der Waals surface area contributed by atoms with Crippen molar-refractivity contribution in [2.24, 2.45) is 0 Å². The number of likely N-dealkylation sites (tertiary alicyclic amines) is 1. The minimum atomic E-state index is -1.14. The fourth-order valence-electron chi connectivity index (χ4n) is 3.98. The van der Waals surface area contributed by atoms with E-state index < -0.39 is 5.67 Å². The summed E-state index contributed by atoms with van der Waals surface area (Å²) >= 11 is 0. The first-order chi connectivity index (χ1) is 14.0. The first-order valence-corrected chi connectivity index (χ1v) is 10.1. The largest absolute Gasteiger partial charge is 0.490 e. The first kappa shape index (κ1) is 19.3. The molecule has 0 N–H and O–H groups in total. The summed E-state index contributed by atoms with van der Waals surface area (Å²) in [6, 6.07) is 15.0. The van der Waals surface area contributed by atoms with E-state index in [1.807, 2.05) is 31.2 Å². The lowest BCUT2D eigenvalue weighted by Crippen LogP contribution is -2.44. The number of anilines is 2. The minimum Gasteiger partial charge on any atom is -0.490 e. The van der Waals surface area contributed by atoms with Gasteiger partial charge in [-0.25, -0.2) is 4.39 Å². The number of nitrogens with zero attached hydrogens (tertiary/aromatic N) is 3. The van der Waals surface area contributed by atoms with E-state index >= 15 is 0 Å². The van der Waals surface area contributed by atoms with Crippen LogP contribution in [0.4, 0.5) is 15.8 Å². The summed E-state index contributed by atoms with van der Waals surface area (Å²) in [5.74, 6) is 0.585. The number of benzene rings is 2. The number of nitriles is 1. The highest BCUT2D eigenvalue weighted by Gasteiger charge is 2.34. The van der Waals surface area contributed by atoms with Crippen molar-refractivity contribution in [2.75, 3.05) is 31.1 Å². The molecule has 5 nitrogen and oxygen atoms in total. The summed E-state index contributed by atoms with van der Waals surface area (Å²) in [4.78, 5) is 16.8. The van der Waals surface area contributed by atoms with Gasteiger partial charge in [0.25, 0.3) is 5.91 Å². The molecule has 1 amide bonds. The minimum absolute atomic E-state index is 0.0787. The Balaban J connectivity index is 1.54. The van der Waals surface area contributed by atoms with Crippen molar-refractivity contribution < 1.29 is 13.9 Å². The number of fused-ring (bicyclic) bond motifs is 1. The molecule has 0 atom stereocenters. The molecule has 6 heteroatoms. The molecule has 0 aromatic heterocycles. The fourth-order valence-corrected chi connectivity index (χ4v) is 3.98. The second kappa shape index (κ2) is 7.75. The molecule has 0 spiro atoms. The van der Waals surface area contributed by atoms with Crippen molar-refractivity contribution in [3.05, 3.63) is 53.6 Å². The number of piperidine rings is 1. The predicted octanol–water partition coefficient (Wildman–Crippen LogP) is 4.44. The number of alkyl halides is 1. The first-order valence-electron chi connectivity index (χ1n) is 10.1. The zero-order valence-electron chi connectivity index (χ0n) is 16.5. The van der Waals surface area contributed by atoms with Gasteiger partial charge < -0.3 is 14.5 Å². The Morgan fingerprint density at radius 3 is 2.55 bits per heavy atom. The van der Waals surface area contributed by atoms with Crippen LogP contribution in [0.15, 0.2) is 42.5 Å². The lowest BCUT2D eigenvalue weighted by Gasteiger charge is -2.36. The molecule has 2 aliphatic heterocycles. The molecular formula is C23H24FN3O2. The van der Waals surface area contributed by atoms with Crippen molar-refractivity contribution in [3.63, 3.8) is 0 Å². The average Bonchev–Trinajstić information content (AvgIpc) is 2.78. The van der Waals surface area contributed by atoms with Gasteiger partial charge in [-0.1, -0.05) is 6.92 Å². The maximum absolute atomic E-state index is 14.4. The van der Waals surface area contributed by atoms with Gasteiger partial charge in [0.15, 0.2) is 0 Å². The topological polar surface area (TPSA) is 56.6 Å². The van der Waals surface area contributed by atoms with Gasteiger partial charge in [-0.15, -0.1) is 0 Å². The number of carbonyl (C=O) groups excluding carboxylic acids is 1. The summed E-state index contributed by atoms with van der Waals surface area (Å²) in [5, 5.41) is 8.99. The number of rotatable bonds is 3. The second-order valence-corrected chi connectivity index (χ2v) is 7.64. The number of ether oxygens (including phenoxy) is 1.